The van der Waals surface area contributed by atoms with Crippen LogP contribution in [0.1, 0.15) is 28.9 Å². The molecule has 2 aromatic carbocycles. The Bertz CT molecular complexity index is 1360. The lowest BCUT2D eigenvalue weighted by atomic mass is 9.84. The van der Waals surface area contributed by atoms with E-state index in [1.807, 2.05) is 0 Å². The molecule has 52 heavy (non-hydrogen) atoms. The van der Waals surface area contributed by atoms with Crippen molar-refractivity contribution in [1.82, 2.24) is 0 Å². The molecule has 0 spiro atoms. The number of fused-ring (bicyclic) bond motifs is 1. The second kappa shape index (κ2) is 16.1. The van der Waals surface area contributed by atoms with Crippen molar-refractivity contribution in [2.45, 2.75) is 80.2 Å². The zero-order chi connectivity index (χ0) is 37.4. The summed E-state index contributed by atoms with van der Waals surface area (Å²) in [7, 11) is 4.20. The number of hydrogen-bond acceptors (Lipinski definition) is 18. The summed E-state index contributed by atoms with van der Waals surface area (Å²) in [5.41, 5.74) is 1.58. The van der Waals surface area contributed by atoms with Gasteiger partial charge >= 0.3 is 0 Å². The molecule has 0 radical (unpaired) electrons. The average molecular weight is 743 g/mol. The zero-order valence-corrected chi connectivity index (χ0v) is 28.6. The largest absolute Gasteiger partial charge is 0.493 e. The van der Waals surface area contributed by atoms with Gasteiger partial charge in [0.15, 0.2) is 23.0 Å². The fraction of sp³-hybridized carbons (Fsp3) is 0.647. The van der Waals surface area contributed by atoms with Crippen LogP contribution in [0.25, 0.3) is 0 Å². The van der Waals surface area contributed by atoms with E-state index in [9.17, 15) is 46.0 Å². The first-order valence-corrected chi connectivity index (χ1v) is 16.7. The van der Waals surface area contributed by atoms with Gasteiger partial charge in [0.1, 0.15) is 48.8 Å². The van der Waals surface area contributed by atoms with E-state index in [1.54, 1.807) is 24.3 Å². The van der Waals surface area contributed by atoms with Gasteiger partial charge in [-0.3, -0.25) is 0 Å². The van der Waals surface area contributed by atoms with Gasteiger partial charge in [-0.1, -0.05) is 0 Å². The molecule has 4 aliphatic heterocycles. The fourth-order valence-electron chi connectivity index (χ4n) is 7.23. The van der Waals surface area contributed by atoms with E-state index in [4.69, 9.17) is 42.6 Å². The van der Waals surface area contributed by atoms with Crippen molar-refractivity contribution in [2.24, 2.45) is 11.8 Å². The van der Waals surface area contributed by atoms with Crippen LogP contribution >= 0.6 is 0 Å². The molecule has 6 rings (SSSR count). The quantitative estimate of drug-likeness (QED) is 0.110. The van der Waals surface area contributed by atoms with Gasteiger partial charge in [0, 0.05) is 17.4 Å². The van der Waals surface area contributed by atoms with Crippen molar-refractivity contribution in [3.05, 3.63) is 41.0 Å². The van der Waals surface area contributed by atoms with Crippen molar-refractivity contribution in [1.29, 1.82) is 0 Å². The van der Waals surface area contributed by atoms with Gasteiger partial charge in [0.05, 0.1) is 66.6 Å². The highest BCUT2D eigenvalue weighted by atomic mass is 16.7. The Morgan fingerprint density at radius 2 is 0.962 bits per heavy atom. The summed E-state index contributed by atoms with van der Waals surface area (Å²) in [6, 6.07) is 6.69. The van der Waals surface area contributed by atoms with Crippen molar-refractivity contribution in [3.63, 3.8) is 0 Å². The van der Waals surface area contributed by atoms with Crippen LogP contribution in [0, 0.1) is 11.8 Å². The Morgan fingerprint density at radius 3 is 1.37 bits per heavy atom. The second-order valence-electron chi connectivity index (χ2n) is 13.1. The first-order chi connectivity index (χ1) is 25.0. The third-order valence-electron chi connectivity index (χ3n) is 10.1. The summed E-state index contributed by atoms with van der Waals surface area (Å²) in [6.07, 6.45) is -16.1. The Labute approximate surface area is 298 Å². The van der Waals surface area contributed by atoms with E-state index in [1.165, 1.54) is 21.3 Å². The maximum atomic E-state index is 10.5. The van der Waals surface area contributed by atoms with E-state index in [-0.39, 0.29) is 46.1 Å². The molecule has 18 nitrogen and oxygen atoms in total. The lowest BCUT2D eigenvalue weighted by Gasteiger charge is -2.39. The molecule has 4 aliphatic rings. The number of aliphatic hydroxyl groups excluding tert-OH is 9. The summed E-state index contributed by atoms with van der Waals surface area (Å²) in [5.74, 6) is 0.333. The molecule has 4 fully saturated rings. The monoisotopic (exact) mass is 742 g/mol. The minimum atomic E-state index is -1.68. The van der Waals surface area contributed by atoms with Crippen LogP contribution in [0.3, 0.4) is 0 Å². The summed E-state index contributed by atoms with van der Waals surface area (Å²) >= 11 is 0. The van der Waals surface area contributed by atoms with Crippen molar-refractivity contribution < 1.29 is 88.6 Å². The molecular formula is C34H46O18. The van der Waals surface area contributed by atoms with E-state index in [2.05, 4.69) is 0 Å². The molecule has 9 N–H and O–H groups in total. The Hall–Kier alpha value is -3.08. The molecule has 0 saturated carbocycles. The molecule has 0 unspecified atom stereocenters. The number of hydrogen-bond donors (Lipinski definition) is 9. The summed E-state index contributed by atoms with van der Waals surface area (Å²) in [4.78, 5) is 0. The third kappa shape index (κ3) is 7.00. The Balaban J connectivity index is 1.22. The number of methoxy groups -OCH3 is 3. The van der Waals surface area contributed by atoms with Gasteiger partial charge < -0.3 is 88.6 Å². The van der Waals surface area contributed by atoms with Crippen LogP contribution in [0.5, 0.6) is 28.7 Å². The lowest BCUT2D eigenvalue weighted by Crippen LogP contribution is -2.60. The van der Waals surface area contributed by atoms with E-state index in [0.29, 0.717) is 24.3 Å². The van der Waals surface area contributed by atoms with Crippen LogP contribution in [0.4, 0.5) is 0 Å². The maximum Gasteiger partial charge on any atom is 0.229 e. The predicted octanol–water partition coefficient (Wildman–Crippen LogP) is -2.36. The van der Waals surface area contributed by atoms with Crippen LogP contribution in [-0.4, -0.2) is 155 Å². The van der Waals surface area contributed by atoms with E-state index in [0.717, 1.165) is 0 Å². The molecule has 0 aliphatic carbocycles. The summed E-state index contributed by atoms with van der Waals surface area (Å²) in [5, 5.41) is 91.3. The lowest BCUT2D eigenvalue weighted by molar-refractivity contribution is -0.277. The average Bonchev–Trinajstić information content (AvgIpc) is 3.78. The molecule has 290 valence electrons. The predicted molar refractivity (Wildman–Crippen MR) is 172 cm³/mol. The standard InChI is InChI=1S/C34H46O18/c1-44-18-5-13(4-15(8-35)31(18)51-33-27(42)25(40)23(38)21(9-36)49-33)29-16-11-48-30(17(16)12-47-29)14-6-19(45-2)32(20(7-14)46-3)52-34-28(43)26(41)24(39)22(10-37)50-34/h4-7,16-17,21-30,33-43H,8-12H2,1-3H3/t16-,17-,21-,22-,23-,24-,25+,26+,27-,28-,29+,30+,33+,34+/m1/s1. The third-order valence-corrected chi connectivity index (χ3v) is 10.1. The first kappa shape index (κ1) is 38.6. The summed E-state index contributed by atoms with van der Waals surface area (Å²) in [6.45, 7) is -1.18. The second-order valence-corrected chi connectivity index (χ2v) is 13.1. The van der Waals surface area contributed by atoms with Gasteiger partial charge in [-0.25, -0.2) is 0 Å². The highest BCUT2D eigenvalue weighted by Gasteiger charge is 2.50. The van der Waals surface area contributed by atoms with Crippen molar-refractivity contribution in [3.8, 4) is 28.7 Å². The fourth-order valence-corrected chi connectivity index (χ4v) is 7.23. The molecule has 18 heteroatoms. The topological polar surface area (TPSA) is 265 Å². The highest BCUT2D eigenvalue weighted by molar-refractivity contribution is 5.55. The molecule has 0 bridgehead atoms. The van der Waals surface area contributed by atoms with Crippen LogP contribution < -0.4 is 23.7 Å². The smallest absolute Gasteiger partial charge is 0.229 e. The Kier molecular flexibility index (Phi) is 12.0. The maximum absolute atomic E-state index is 10.5. The molecule has 0 aromatic heterocycles. The minimum Gasteiger partial charge on any atom is -0.493 e. The first-order valence-electron chi connectivity index (χ1n) is 16.7. The number of ether oxygens (including phenoxy) is 9. The van der Waals surface area contributed by atoms with Crippen molar-refractivity contribution in [2.75, 3.05) is 47.8 Å². The van der Waals surface area contributed by atoms with Crippen LogP contribution in [0.15, 0.2) is 24.3 Å². The van der Waals surface area contributed by atoms with E-state index >= 15 is 0 Å². The molecule has 4 heterocycles. The molecule has 14 atom stereocenters. The normalized spacial score (nSPS) is 37.4. The van der Waals surface area contributed by atoms with Gasteiger partial charge in [-0.2, -0.15) is 0 Å². The van der Waals surface area contributed by atoms with Crippen LogP contribution in [-0.2, 0) is 25.6 Å². The van der Waals surface area contributed by atoms with Gasteiger partial charge in [-0.05, 0) is 35.4 Å². The van der Waals surface area contributed by atoms with Gasteiger partial charge in [0.2, 0.25) is 18.3 Å². The molecule has 0 amide bonds. The zero-order valence-electron chi connectivity index (χ0n) is 28.6. The van der Waals surface area contributed by atoms with Gasteiger partial charge in [-0.15, -0.1) is 0 Å². The SMILES string of the molecule is COc1cc([C@@H]2OC[C@@H]3[C@H]2CO[C@H]3c2cc(OC)c(O[C@@H]3O[C@H](CO)[C@@H](O)[C@H](O)[C@H]3O)c(OC)c2)cc(CO)c1O[C@@H]1O[C@H](CO)[C@@H](O)[C@H](O)[C@H]1O. The molecular weight excluding hydrogens is 696 g/mol. The number of aliphatic hydroxyl groups is 9. The van der Waals surface area contributed by atoms with Crippen LogP contribution in [0.2, 0.25) is 0 Å². The molecule has 4 saturated heterocycles. The van der Waals surface area contributed by atoms with Crippen molar-refractivity contribution >= 4 is 0 Å². The molecule has 2 aromatic rings. The number of rotatable bonds is 12. The van der Waals surface area contributed by atoms with E-state index < -0.39 is 93.4 Å². The van der Waals surface area contributed by atoms with Gasteiger partial charge in [0.25, 0.3) is 0 Å². The number of benzene rings is 2. The summed E-state index contributed by atoms with van der Waals surface area (Å²) < 4.78 is 52.2. The Morgan fingerprint density at radius 1 is 0.558 bits per heavy atom. The highest BCUT2D eigenvalue weighted by Crippen LogP contribution is 2.53. The minimum absolute atomic E-state index is 0.0263.